The maximum atomic E-state index is 13.0. The lowest BCUT2D eigenvalue weighted by molar-refractivity contribution is -0.131. The third-order valence-corrected chi connectivity index (χ3v) is 4.28. The zero-order valence-corrected chi connectivity index (χ0v) is 13.6. The molecule has 1 amide bonds. The molecular formula is C17H22FN5O. The number of aromatic nitrogens is 3. The van der Waals surface area contributed by atoms with Crippen molar-refractivity contribution in [2.75, 3.05) is 31.1 Å². The van der Waals surface area contributed by atoms with Crippen LogP contribution in [0.5, 0.6) is 0 Å². The molecule has 0 bridgehead atoms. The Balaban J connectivity index is 1.47. The highest BCUT2D eigenvalue weighted by molar-refractivity contribution is 5.76. The minimum Gasteiger partial charge on any atom is -0.370 e. The zero-order valence-electron chi connectivity index (χ0n) is 13.6. The molecule has 128 valence electrons. The Hall–Kier alpha value is -2.44. The lowest BCUT2D eigenvalue weighted by atomic mass is 10.2. The molecule has 0 aliphatic carbocycles. The topological polar surface area (TPSA) is 54.3 Å². The number of carbonyl (C=O) groups is 1. The molecule has 0 atom stereocenters. The first kappa shape index (κ1) is 16.4. The Morgan fingerprint density at radius 3 is 2.71 bits per heavy atom. The monoisotopic (exact) mass is 331 g/mol. The van der Waals surface area contributed by atoms with Crippen molar-refractivity contribution in [1.29, 1.82) is 0 Å². The molecule has 3 rings (SSSR count). The maximum Gasteiger partial charge on any atom is 0.222 e. The van der Waals surface area contributed by atoms with Gasteiger partial charge in [0.2, 0.25) is 5.91 Å². The first-order chi connectivity index (χ1) is 11.7. The standard InChI is InChI=1S/C17H22FN5O/c18-15-4-6-16(7-5-15)21-8-2-9-22(12-11-21)17(24)3-1-10-23-14-19-13-20-23/h4-7,13-14H,1-3,8-12H2. The van der Waals surface area contributed by atoms with Gasteiger partial charge < -0.3 is 9.80 Å². The van der Waals surface area contributed by atoms with Crippen LogP contribution in [-0.2, 0) is 11.3 Å². The second-order valence-electron chi connectivity index (χ2n) is 5.96. The second kappa shape index (κ2) is 7.90. The predicted molar refractivity (Wildman–Crippen MR) is 89.1 cm³/mol. The molecule has 0 unspecified atom stereocenters. The molecule has 0 spiro atoms. The normalized spacial score (nSPS) is 15.4. The summed E-state index contributed by atoms with van der Waals surface area (Å²) in [5, 5.41) is 4.04. The number of hydrogen-bond acceptors (Lipinski definition) is 4. The SMILES string of the molecule is O=C(CCCn1cncn1)N1CCCN(c2ccc(F)cc2)CC1. The summed E-state index contributed by atoms with van der Waals surface area (Å²) in [6, 6.07) is 6.55. The van der Waals surface area contributed by atoms with Crippen LogP contribution in [0.2, 0.25) is 0 Å². The van der Waals surface area contributed by atoms with Crippen molar-refractivity contribution in [3.8, 4) is 0 Å². The van der Waals surface area contributed by atoms with Crippen molar-refractivity contribution < 1.29 is 9.18 Å². The molecule has 2 heterocycles. The van der Waals surface area contributed by atoms with Crippen LogP contribution in [-0.4, -0.2) is 51.8 Å². The number of carbonyl (C=O) groups excluding carboxylic acids is 1. The molecule has 7 heteroatoms. The minimum atomic E-state index is -0.224. The molecule has 1 aromatic carbocycles. The van der Waals surface area contributed by atoms with Crippen LogP contribution in [0.25, 0.3) is 0 Å². The van der Waals surface area contributed by atoms with Crippen LogP contribution < -0.4 is 4.90 Å². The third-order valence-electron chi connectivity index (χ3n) is 4.28. The quantitative estimate of drug-likeness (QED) is 0.840. The van der Waals surface area contributed by atoms with Gasteiger partial charge in [-0.25, -0.2) is 9.37 Å². The molecule has 2 aromatic rings. The predicted octanol–water partition coefficient (Wildman–Crippen LogP) is 1.94. The highest BCUT2D eigenvalue weighted by Gasteiger charge is 2.19. The van der Waals surface area contributed by atoms with Gasteiger partial charge >= 0.3 is 0 Å². The van der Waals surface area contributed by atoms with E-state index in [0.717, 1.165) is 38.2 Å². The van der Waals surface area contributed by atoms with E-state index in [1.807, 2.05) is 4.90 Å². The van der Waals surface area contributed by atoms with E-state index in [-0.39, 0.29) is 11.7 Å². The van der Waals surface area contributed by atoms with Gasteiger partial charge in [-0.1, -0.05) is 0 Å². The van der Waals surface area contributed by atoms with E-state index in [9.17, 15) is 9.18 Å². The summed E-state index contributed by atoms with van der Waals surface area (Å²) in [5.41, 5.74) is 1.01. The van der Waals surface area contributed by atoms with Crippen molar-refractivity contribution in [3.63, 3.8) is 0 Å². The molecule has 24 heavy (non-hydrogen) atoms. The lowest BCUT2D eigenvalue weighted by Gasteiger charge is -2.23. The molecule has 1 fully saturated rings. The summed E-state index contributed by atoms with van der Waals surface area (Å²) >= 11 is 0. The maximum absolute atomic E-state index is 13.0. The Labute approximate surface area is 140 Å². The fourth-order valence-electron chi connectivity index (χ4n) is 2.98. The van der Waals surface area contributed by atoms with E-state index in [0.29, 0.717) is 19.5 Å². The van der Waals surface area contributed by atoms with Gasteiger partial charge in [0.05, 0.1) is 0 Å². The molecular weight excluding hydrogens is 309 g/mol. The number of aryl methyl sites for hydroxylation is 1. The summed E-state index contributed by atoms with van der Waals surface area (Å²) in [6.07, 6.45) is 5.38. The van der Waals surface area contributed by atoms with Crippen LogP contribution in [0.4, 0.5) is 10.1 Å². The highest BCUT2D eigenvalue weighted by atomic mass is 19.1. The first-order valence-electron chi connectivity index (χ1n) is 8.33. The summed E-state index contributed by atoms with van der Waals surface area (Å²) in [4.78, 5) is 20.4. The van der Waals surface area contributed by atoms with Gasteiger partial charge in [-0.2, -0.15) is 5.10 Å². The van der Waals surface area contributed by atoms with E-state index in [1.165, 1.54) is 18.5 Å². The zero-order chi connectivity index (χ0) is 16.8. The Bertz CT molecular complexity index is 644. The largest absolute Gasteiger partial charge is 0.370 e. The van der Waals surface area contributed by atoms with Gasteiger partial charge in [0.15, 0.2) is 0 Å². The summed E-state index contributed by atoms with van der Waals surface area (Å²) in [7, 11) is 0. The van der Waals surface area contributed by atoms with Gasteiger partial charge in [-0.15, -0.1) is 0 Å². The van der Waals surface area contributed by atoms with E-state index in [4.69, 9.17) is 0 Å². The summed E-state index contributed by atoms with van der Waals surface area (Å²) < 4.78 is 14.8. The van der Waals surface area contributed by atoms with Gasteiger partial charge in [-0.05, 0) is 37.1 Å². The molecule has 0 radical (unpaired) electrons. The molecule has 0 N–H and O–H groups in total. The van der Waals surface area contributed by atoms with Gasteiger partial charge in [-0.3, -0.25) is 9.48 Å². The Kier molecular flexibility index (Phi) is 5.40. The Morgan fingerprint density at radius 1 is 1.12 bits per heavy atom. The second-order valence-corrected chi connectivity index (χ2v) is 5.96. The lowest BCUT2D eigenvalue weighted by Crippen LogP contribution is -2.35. The van der Waals surface area contributed by atoms with E-state index in [1.54, 1.807) is 23.1 Å². The van der Waals surface area contributed by atoms with Crippen LogP contribution in [0.3, 0.4) is 0 Å². The summed E-state index contributed by atoms with van der Waals surface area (Å²) in [6.45, 7) is 3.86. The van der Waals surface area contributed by atoms with Crippen molar-refractivity contribution in [3.05, 3.63) is 42.7 Å². The van der Waals surface area contributed by atoms with Crippen LogP contribution in [0.1, 0.15) is 19.3 Å². The van der Waals surface area contributed by atoms with Crippen LogP contribution in [0.15, 0.2) is 36.9 Å². The third kappa shape index (κ3) is 4.31. The van der Waals surface area contributed by atoms with Crippen LogP contribution in [0, 0.1) is 5.82 Å². The fraction of sp³-hybridized carbons (Fsp3) is 0.471. The smallest absolute Gasteiger partial charge is 0.222 e. The number of anilines is 1. The number of hydrogen-bond donors (Lipinski definition) is 0. The molecule has 1 saturated heterocycles. The van der Waals surface area contributed by atoms with Gasteiger partial charge in [0.25, 0.3) is 0 Å². The molecule has 1 aromatic heterocycles. The van der Waals surface area contributed by atoms with Gasteiger partial charge in [0, 0.05) is 44.8 Å². The average Bonchev–Trinajstić information content (AvgIpc) is 2.98. The number of amides is 1. The molecule has 6 nitrogen and oxygen atoms in total. The van der Waals surface area contributed by atoms with Crippen LogP contribution >= 0.6 is 0 Å². The fourth-order valence-corrected chi connectivity index (χ4v) is 2.98. The molecule has 1 aliphatic heterocycles. The molecule has 1 aliphatic rings. The number of benzene rings is 1. The first-order valence-corrected chi connectivity index (χ1v) is 8.33. The average molecular weight is 331 g/mol. The van der Waals surface area contributed by atoms with E-state index >= 15 is 0 Å². The van der Waals surface area contributed by atoms with Crippen molar-refractivity contribution in [2.24, 2.45) is 0 Å². The Morgan fingerprint density at radius 2 is 1.96 bits per heavy atom. The van der Waals surface area contributed by atoms with Crippen molar-refractivity contribution in [2.45, 2.75) is 25.8 Å². The van der Waals surface area contributed by atoms with Crippen molar-refractivity contribution in [1.82, 2.24) is 19.7 Å². The van der Waals surface area contributed by atoms with Crippen molar-refractivity contribution >= 4 is 11.6 Å². The minimum absolute atomic E-state index is 0.191. The van der Waals surface area contributed by atoms with Gasteiger partial charge in [0.1, 0.15) is 18.5 Å². The molecule has 0 saturated carbocycles. The number of halogens is 1. The van der Waals surface area contributed by atoms with E-state index < -0.39 is 0 Å². The van der Waals surface area contributed by atoms with E-state index in [2.05, 4.69) is 15.0 Å². The summed E-state index contributed by atoms with van der Waals surface area (Å²) in [5.74, 6) is -0.0335. The number of rotatable bonds is 5. The number of nitrogens with zero attached hydrogens (tertiary/aromatic N) is 5. The highest BCUT2D eigenvalue weighted by Crippen LogP contribution is 2.17.